The first kappa shape index (κ1) is 25.9. The molecule has 2 nitrogen and oxygen atoms in total. The maximum absolute atomic E-state index is 3.83. The van der Waals surface area contributed by atoms with Gasteiger partial charge in [-0.05, 0) is 34.9 Å². The topological polar surface area (TPSA) is 20.7 Å². The van der Waals surface area contributed by atoms with Gasteiger partial charge in [0.15, 0.2) is 0 Å². The molecule has 0 amide bonds. The monoisotopic (exact) mass is 544 g/mol. The van der Waals surface area contributed by atoms with Crippen molar-refractivity contribution in [3.8, 4) is 27.9 Å². The lowest BCUT2D eigenvalue weighted by Gasteiger charge is -2.24. The summed E-state index contributed by atoms with van der Waals surface area (Å²) in [4.78, 5) is 3.83. The number of benzene rings is 6. The Morgan fingerprint density at radius 1 is 0.488 bits per heavy atom. The van der Waals surface area contributed by atoms with Crippen LogP contribution in [0.1, 0.15) is 0 Å². The van der Waals surface area contributed by atoms with Gasteiger partial charge in [-0.3, -0.25) is 0 Å². The van der Waals surface area contributed by atoms with E-state index < -0.39 is 0 Å². The van der Waals surface area contributed by atoms with Gasteiger partial charge in [-0.2, -0.15) is 0 Å². The van der Waals surface area contributed by atoms with Crippen LogP contribution in [0.2, 0.25) is 0 Å². The maximum Gasteiger partial charge on any atom is 0.139 e. The summed E-state index contributed by atoms with van der Waals surface area (Å²) in [6.07, 6.45) is 0. The number of hydrogen-bond acceptors (Lipinski definition) is 0. The second-order valence-corrected chi connectivity index (χ2v) is 12.0. The molecule has 0 fully saturated rings. The van der Waals surface area contributed by atoms with E-state index in [1.165, 1.54) is 93.4 Å². The van der Waals surface area contributed by atoms with Crippen molar-refractivity contribution >= 4 is 110 Å². The van der Waals surface area contributed by atoms with Crippen LogP contribution < -0.4 is 27.3 Å². The Kier molecular flexibility index (Phi) is 5.81. The molecule has 0 radical (unpaired) electrons. The molecule has 0 aliphatic rings. The standard InChI is InChI=1S/C36H29B5N2/c37-30-29(31(38)33(40)34(41)32(30)39)25-15-14-20(19-8-2-1-3-9-19)18-28(25)43-27-13-7-5-11-22(27)24-17-16-23-21-10-4-6-12-26(21)42-35(23)36(24)43/h1-18,42H,37-41H2. The van der Waals surface area contributed by atoms with Crippen LogP contribution in [0.3, 0.4) is 0 Å². The van der Waals surface area contributed by atoms with Gasteiger partial charge in [0.05, 0.1) is 22.2 Å². The van der Waals surface area contributed by atoms with Gasteiger partial charge in [0.1, 0.15) is 39.2 Å². The van der Waals surface area contributed by atoms with Crippen LogP contribution in [0.5, 0.6) is 0 Å². The second kappa shape index (κ2) is 9.64. The quantitative estimate of drug-likeness (QED) is 0.322. The fourth-order valence-corrected chi connectivity index (χ4v) is 7.26. The second-order valence-electron chi connectivity index (χ2n) is 12.0. The highest BCUT2D eigenvalue weighted by atomic mass is 15.0. The van der Waals surface area contributed by atoms with Gasteiger partial charge >= 0.3 is 0 Å². The summed E-state index contributed by atoms with van der Waals surface area (Å²) in [6, 6.07) is 39.9. The fourth-order valence-electron chi connectivity index (χ4n) is 7.26. The lowest BCUT2D eigenvalue weighted by atomic mass is 9.59. The number of aromatic nitrogens is 2. The van der Waals surface area contributed by atoms with Crippen molar-refractivity contribution in [2.24, 2.45) is 0 Å². The van der Waals surface area contributed by atoms with Crippen molar-refractivity contribution in [2.45, 2.75) is 0 Å². The number of hydrogen-bond donors (Lipinski definition) is 1. The van der Waals surface area contributed by atoms with Gasteiger partial charge < -0.3 is 9.55 Å². The number of aromatic amines is 1. The number of fused-ring (bicyclic) bond motifs is 7. The van der Waals surface area contributed by atoms with Crippen molar-refractivity contribution in [2.75, 3.05) is 0 Å². The molecule has 0 aliphatic heterocycles. The molecule has 0 atom stereocenters. The zero-order valence-electron chi connectivity index (χ0n) is 25.3. The molecule has 0 aliphatic carbocycles. The lowest BCUT2D eigenvalue weighted by Crippen LogP contribution is -2.55. The molecular formula is C36H29B5N2. The molecule has 7 heteroatoms. The van der Waals surface area contributed by atoms with Gasteiger partial charge in [-0.25, -0.2) is 0 Å². The summed E-state index contributed by atoms with van der Waals surface area (Å²) >= 11 is 0. The van der Waals surface area contributed by atoms with Crippen LogP contribution in [-0.2, 0) is 0 Å². The number of nitrogens with zero attached hydrogens (tertiary/aromatic N) is 1. The van der Waals surface area contributed by atoms with Gasteiger partial charge in [0.2, 0.25) is 0 Å². The Bertz CT molecular complexity index is 2370. The highest BCUT2D eigenvalue weighted by Gasteiger charge is 2.22. The van der Waals surface area contributed by atoms with Crippen molar-refractivity contribution in [3.63, 3.8) is 0 Å². The normalized spacial score (nSPS) is 11.7. The minimum atomic E-state index is 1.16. The third-order valence-corrected chi connectivity index (χ3v) is 9.93. The zero-order valence-corrected chi connectivity index (χ0v) is 25.3. The van der Waals surface area contributed by atoms with E-state index in [2.05, 4.69) is 158 Å². The van der Waals surface area contributed by atoms with Crippen LogP contribution in [0.4, 0.5) is 0 Å². The first-order valence-corrected chi connectivity index (χ1v) is 15.1. The molecule has 0 saturated carbocycles. The molecule has 8 aromatic rings. The fraction of sp³-hybridized carbons (Fsp3) is 0. The van der Waals surface area contributed by atoms with Gasteiger partial charge in [-0.1, -0.05) is 102 Å². The van der Waals surface area contributed by atoms with Crippen molar-refractivity contribution in [1.82, 2.24) is 9.55 Å². The average Bonchev–Trinajstić information content (AvgIpc) is 3.59. The Balaban J connectivity index is 1.58. The van der Waals surface area contributed by atoms with Gasteiger partial charge in [0, 0.05) is 32.6 Å². The molecule has 198 valence electrons. The van der Waals surface area contributed by atoms with Crippen LogP contribution >= 0.6 is 0 Å². The molecule has 43 heavy (non-hydrogen) atoms. The van der Waals surface area contributed by atoms with Crippen molar-refractivity contribution in [1.29, 1.82) is 0 Å². The first-order valence-electron chi connectivity index (χ1n) is 15.1. The lowest BCUT2D eigenvalue weighted by molar-refractivity contribution is 1.19. The van der Waals surface area contributed by atoms with Gasteiger partial charge in [0.25, 0.3) is 0 Å². The van der Waals surface area contributed by atoms with E-state index >= 15 is 0 Å². The van der Waals surface area contributed by atoms with E-state index in [0.29, 0.717) is 0 Å². The average molecular weight is 544 g/mol. The molecular weight excluding hydrogens is 514 g/mol. The third-order valence-electron chi connectivity index (χ3n) is 9.93. The highest BCUT2D eigenvalue weighted by Crippen LogP contribution is 2.41. The summed E-state index contributed by atoms with van der Waals surface area (Å²) in [5.74, 6) is 0. The van der Waals surface area contributed by atoms with Crippen molar-refractivity contribution < 1.29 is 0 Å². The van der Waals surface area contributed by atoms with E-state index in [1.807, 2.05) is 0 Å². The largest absolute Gasteiger partial charge is 0.353 e. The molecule has 2 aromatic heterocycles. The molecule has 0 unspecified atom stereocenters. The van der Waals surface area contributed by atoms with E-state index in [9.17, 15) is 0 Å². The summed E-state index contributed by atoms with van der Waals surface area (Å²) in [5, 5.41) is 5.03. The summed E-state index contributed by atoms with van der Waals surface area (Å²) in [5.41, 5.74) is 17.8. The molecule has 1 N–H and O–H groups in total. The Labute approximate surface area is 256 Å². The van der Waals surface area contributed by atoms with E-state index in [1.54, 1.807) is 0 Å². The van der Waals surface area contributed by atoms with Crippen LogP contribution in [0, 0.1) is 0 Å². The molecule has 0 saturated heterocycles. The van der Waals surface area contributed by atoms with E-state index in [4.69, 9.17) is 0 Å². The molecule has 2 heterocycles. The van der Waals surface area contributed by atoms with Crippen LogP contribution in [0.15, 0.2) is 109 Å². The molecule has 6 aromatic carbocycles. The Morgan fingerprint density at radius 3 is 1.88 bits per heavy atom. The summed E-state index contributed by atoms with van der Waals surface area (Å²) in [7, 11) is 11.4. The van der Waals surface area contributed by atoms with Crippen LogP contribution in [0.25, 0.3) is 71.6 Å². The first-order chi connectivity index (χ1) is 20.9. The number of H-pyrrole nitrogens is 1. The van der Waals surface area contributed by atoms with Gasteiger partial charge in [-0.15, -0.1) is 16.4 Å². The predicted octanol–water partition coefficient (Wildman–Crippen LogP) is 1.04. The minimum Gasteiger partial charge on any atom is -0.353 e. The summed E-state index contributed by atoms with van der Waals surface area (Å²) in [6.45, 7) is 0. The van der Waals surface area contributed by atoms with Crippen molar-refractivity contribution in [3.05, 3.63) is 109 Å². The zero-order chi connectivity index (χ0) is 29.4. The van der Waals surface area contributed by atoms with E-state index in [-0.39, 0.29) is 0 Å². The smallest absolute Gasteiger partial charge is 0.139 e. The minimum absolute atomic E-state index is 1.16. The number of nitrogens with one attached hydrogen (secondary N) is 1. The number of para-hydroxylation sites is 2. The molecule has 0 bridgehead atoms. The SMILES string of the molecule is Bc1c(B)c(B)c(-c2ccc(-c3ccccc3)cc2-n2c3ccccc3c3ccc4c5ccccc5[nH]c4c32)c(B)c1B. The Morgan fingerprint density at radius 2 is 1.12 bits per heavy atom. The summed E-state index contributed by atoms with van der Waals surface area (Å²) < 4.78 is 2.52. The maximum atomic E-state index is 3.83. The highest BCUT2D eigenvalue weighted by molar-refractivity contribution is 6.68. The van der Waals surface area contributed by atoms with E-state index in [0.717, 1.165) is 5.52 Å². The molecule has 0 spiro atoms. The molecule has 8 rings (SSSR count). The van der Waals surface area contributed by atoms with Crippen LogP contribution in [-0.4, -0.2) is 48.8 Å². The third kappa shape index (κ3) is 3.74. The Hall–Kier alpha value is -4.76. The number of rotatable bonds is 3. The predicted molar refractivity (Wildman–Crippen MR) is 202 cm³/mol.